The molecule has 0 spiro atoms. The van der Waals surface area contributed by atoms with E-state index in [1.54, 1.807) is 37.1 Å². The van der Waals surface area contributed by atoms with Crippen molar-refractivity contribution in [3.8, 4) is 23.3 Å². The fraction of sp³-hybridized carbons (Fsp3) is 0.333. The minimum absolute atomic E-state index is 0.0526. The number of rotatable bonds is 5. The van der Waals surface area contributed by atoms with E-state index >= 15 is 0 Å². The number of nitrogens with zero attached hydrogens (tertiary/aromatic N) is 3. The second-order valence-corrected chi connectivity index (χ2v) is 6.69. The molecule has 0 saturated carbocycles. The highest BCUT2D eigenvalue weighted by atomic mass is 16.5. The van der Waals surface area contributed by atoms with E-state index < -0.39 is 5.91 Å². The molecule has 0 unspecified atom stereocenters. The highest BCUT2D eigenvalue weighted by Crippen LogP contribution is 2.27. The van der Waals surface area contributed by atoms with Gasteiger partial charge in [0.25, 0.3) is 5.91 Å². The number of aromatic nitrogens is 2. The second kappa shape index (κ2) is 8.61. The molecule has 8 nitrogen and oxygen atoms in total. The van der Waals surface area contributed by atoms with Crippen molar-refractivity contribution in [1.29, 1.82) is 0 Å². The van der Waals surface area contributed by atoms with Gasteiger partial charge in [0.15, 0.2) is 5.69 Å². The first-order valence-electron chi connectivity index (χ1n) is 9.26. The minimum Gasteiger partial charge on any atom is -0.497 e. The molecule has 8 heteroatoms. The lowest BCUT2D eigenvalue weighted by Gasteiger charge is -2.14. The van der Waals surface area contributed by atoms with Crippen LogP contribution in [-0.4, -0.2) is 47.9 Å². The molecule has 0 bridgehead atoms. The molecule has 1 fully saturated rings. The number of anilines is 1. The van der Waals surface area contributed by atoms with Gasteiger partial charge in [-0.15, -0.1) is 0 Å². The Hall–Kier alpha value is -3.60. The van der Waals surface area contributed by atoms with E-state index in [2.05, 4.69) is 21.8 Å². The van der Waals surface area contributed by atoms with Crippen molar-refractivity contribution in [2.24, 2.45) is 5.73 Å². The summed E-state index contributed by atoms with van der Waals surface area (Å²) in [6.07, 6.45) is 4.89. The van der Waals surface area contributed by atoms with Crippen LogP contribution in [0.15, 0.2) is 30.5 Å². The Morgan fingerprint density at radius 2 is 1.93 bits per heavy atom. The maximum atomic E-state index is 12.0. The number of hydrogen-bond acceptors (Lipinski definition) is 6. The van der Waals surface area contributed by atoms with Gasteiger partial charge in [0, 0.05) is 24.7 Å². The van der Waals surface area contributed by atoms with Crippen LogP contribution in [0.25, 0.3) is 0 Å². The molecule has 1 saturated heterocycles. The number of amides is 1. The zero-order valence-corrected chi connectivity index (χ0v) is 16.8. The van der Waals surface area contributed by atoms with Gasteiger partial charge in [-0.1, -0.05) is 12.0 Å². The summed E-state index contributed by atoms with van der Waals surface area (Å²) >= 11 is 0. The van der Waals surface area contributed by atoms with Gasteiger partial charge in [-0.2, -0.15) is 5.10 Å². The second-order valence-electron chi connectivity index (χ2n) is 6.69. The first-order valence-corrected chi connectivity index (χ1v) is 9.26. The predicted octanol–water partition coefficient (Wildman–Crippen LogP) is 1.76. The van der Waals surface area contributed by atoms with E-state index in [0.717, 1.165) is 19.5 Å². The van der Waals surface area contributed by atoms with Crippen molar-refractivity contribution >= 4 is 11.7 Å². The van der Waals surface area contributed by atoms with Crippen molar-refractivity contribution < 1.29 is 14.3 Å². The molecular formula is C21H25N5O3. The predicted molar refractivity (Wildman–Crippen MR) is 111 cm³/mol. The van der Waals surface area contributed by atoms with Gasteiger partial charge >= 0.3 is 0 Å². The van der Waals surface area contributed by atoms with Crippen LogP contribution in [0, 0.1) is 11.8 Å². The highest BCUT2D eigenvalue weighted by Gasteiger charge is 2.28. The number of hydrogen-bond donors (Lipinski definition) is 2. The fourth-order valence-electron chi connectivity index (χ4n) is 3.38. The third kappa shape index (κ3) is 4.29. The third-order valence-electron chi connectivity index (χ3n) is 4.77. The van der Waals surface area contributed by atoms with Crippen LogP contribution >= 0.6 is 0 Å². The van der Waals surface area contributed by atoms with E-state index in [1.807, 2.05) is 19.2 Å². The molecule has 1 aromatic heterocycles. The SMILES string of the molecule is CC=CN1CC[C@@H](n2nc(C#Cc3cc(OC)cc(OC)c3)c(C(N)=O)c2N)C1. The van der Waals surface area contributed by atoms with Gasteiger partial charge in [-0.25, -0.2) is 4.68 Å². The maximum Gasteiger partial charge on any atom is 0.255 e. The summed E-state index contributed by atoms with van der Waals surface area (Å²) < 4.78 is 12.2. The average molecular weight is 395 g/mol. The molecular weight excluding hydrogens is 370 g/mol. The third-order valence-corrected chi connectivity index (χ3v) is 4.77. The number of nitrogen functional groups attached to an aromatic ring is 1. The number of carbonyl (C=O) groups excluding carboxylic acids is 1. The molecule has 2 aromatic rings. The largest absolute Gasteiger partial charge is 0.497 e. The molecule has 1 aliphatic rings. The summed E-state index contributed by atoms with van der Waals surface area (Å²) in [5.41, 5.74) is 12.9. The molecule has 1 amide bonds. The number of allylic oxidation sites excluding steroid dienone is 1. The molecule has 1 atom stereocenters. The molecule has 2 heterocycles. The van der Waals surface area contributed by atoms with Crippen molar-refractivity contribution in [1.82, 2.24) is 14.7 Å². The summed E-state index contributed by atoms with van der Waals surface area (Å²) in [7, 11) is 3.14. The molecule has 1 aromatic carbocycles. The Morgan fingerprint density at radius 3 is 2.52 bits per heavy atom. The van der Waals surface area contributed by atoms with Crippen LogP contribution in [-0.2, 0) is 0 Å². The Kier molecular flexibility index (Phi) is 5.98. The molecule has 0 aliphatic carbocycles. The van der Waals surface area contributed by atoms with E-state index in [1.165, 1.54) is 0 Å². The summed E-state index contributed by atoms with van der Waals surface area (Å²) in [6.45, 7) is 3.63. The van der Waals surface area contributed by atoms with Crippen LogP contribution in [0.3, 0.4) is 0 Å². The number of methoxy groups -OCH3 is 2. The lowest BCUT2D eigenvalue weighted by Crippen LogP contribution is -2.19. The van der Waals surface area contributed by atoms with E-state index in [0.29, 0.717) is 17.1 Å². The monoisotopic (exact) mass is 395 g/mol. The summed E-state index contributed by atoms with van der Waals surface area (Å²) in [5, 5.41) is 4.51. The van der Waals surface area contributed by atoms with Crippen LogP contribution in [0.5, 0.6) is 11.5 Å². The lowest BCUT2D eigenvalue weighted by atomic mass is 10.1. The maximum absolute atomic E-state index is 12.0. The van der Waals surface area contributed by atoms with Gasteiger partial charge in [-0.05, 0) is 37.6 Å². The number of nitrogens with two attached hydrogens (primary N) is 2. The van der Waals surface area contributed by atoms with Crippen LogP contribution < -0.4 is 20.9 Å². The van der Waals surface area contributed by atoms with Crippen LogP contribution in [0.2, 0.25) is 0 Å². The van der Waals surface area contributed by atoms with Gasteiger partial charge < -0.3 is 25.8 Å². The van der Waals surface area contributed by atoms with Gasteiger partial charge in [0.05, 0.1) is 20.3 Å². The zero-order valence-electron chi connectivity index (χ0n) is 16.8. The summed E-state index contributed by atoms with van der Waals surface area (Å²) in [5.74, 6) is 6.76. The Balaban J connectivity index is 1.97. The first-order chi connectivity index (χ1) is 14.0. The lowest BCUT2D eigenvalue weighted by molar-refractivity contribution is 0.100. The Morgan fingerprint density at radius 1 is 1.24 bits per heavy atom. The van der Waals surface area contributed by atoms with E-state index in [9.17, 15) is 4.79 Å². The number of carbonyl (C=O) groups is 1. The number of likely N-dealkylation sites (tertiary alicyclic amines) is 1. The molecule has 152 valence electrons. The Labute approximate surface area is 170 Å². The first kappa shape index (κ1) is 20.1. The fourth-order valence-corrected chi connectivity index (χ4v) is 3.38. The molecule has 3 rings (SSSR count). The van der Waals surface area contributed by atoms with Crippen molar-refractivity contribution in [3.63, 3.8) is 0 Å². The summed E-state index contributed by atoms with van der Waals surface area (Å²) in [4.78, 5) is 14.2. The normalized spacial score (nSPS) is 16.0. The Bertz CT molecular complexity index is 977. The zero-order chi connectivity index (χ0) is 21.0. The van der Waals surface area contributed by atoms with E-state index in [-0.39, 0.29) is 23.1 Å². The minimum atomic E-state index is -0.649. The van der Waals surface area contributed by atoms with E-state index in [4.69, 9.17) is 20.9 Å². The highest BCUT2D eigenvalue weighted by molar-refractivity contribution is 5.99. The van der Waals surface area contributed by atoms with Gasteiger partial charge in [-0.3, -0.25) is 4.79 Å². The van der Waals surface area contributed by atoms with Gasteiger partial charge in [0.2, 0.25) is 0 Å². The quantitative estimate of drug-likeness (QED) is 0.747. The number of ether oxygens (including phenoxy) is 2. The summed E-state index contributed by atoms with van der Waals surface area (Å²) in [6, 6.07) is 5.35. The molecule has 0 radical (unpaired) electrons. The standard InChI is InChI=1S/C21H25N5O3/c1-4-8-25-9-7-15(13-25)26-20(22)19(21(23)27)18(24-26)6-5-14-10-16(28-2)12-17(11-14)29-3/h4,8,10-12,15H,7,9,13,22H2,1-3H3,(H2,23,27)/t15-/m1/s1. The topological polar surface area (TPSA) is 109 Å². The molecule has 4 N–H and O–H groups in total. The number of primary amides is 1. The van der Waals surface area contributed by atoms with Crippen molar-refractivity contribution in [2.45, 2.75) is 19.4 Å². The molecule has 1 aliphatic heterocycles. The van der Waals surface area contributed by atoms with Gasteiger partial charge in [0.1, 0.15) is 22.9 Å². The average Bonchev–Trinajstić information content (AvgIpc) is 3.30. The van der Waals surface area contributed by atoms with Crippen molar-refractivity contribution in [3.05, 3.63) is 47.3 Å². The van der Waals surface area contributed by atoms with Crippen LogP contribution in [0.4, 0.5) is 5.82 Å². The smallest absolute Gasteiger partial charge is 0.255 e. The van der Waals surface area contributed by atoms with Crippen molar-refractivity contribution in [2.75, 3.05) is 33.0 Å². The number of benzene rings is 1. The molecule has 29 heavy (non-hydrogen) atoms. The van der Waals surface area contributed by atoms with Crippen LogP contribution in [0.1, 0.15) is 41.0 Å².